The van der Waals surface area contributed by atoms with Gasteiger partial charge >= 0.3 is 0 Å². The van der Waals surface area contributed by atoms with Crippen LogP contribution < -0.4 is 5.73 Å². The van der Waals surface area contributed by atoms with Crippen molar-refractivity contribution in [1.82, 2.24) is 9.80 Å². The van der Waals surface area contributed by atoms with Gasteiger partial charge in [0, 0.05) is 39.6 Å². The SMILES string of the molecule is CC(=O)N1CCN(C(=O)C(CN)Cc2ccccc2)CC1. The number of carbonyl (C=O) groups excluding carboxylic acids is 2. The highest BCUT2D eigenvalue weighted by atomic mass is 16.2. The van der Waals surface area contributed by atoms with E-state index in [0.29, 0.717) is 39.1 Å². The average molecular weight is 289 g/mol. The van der Waals surface area contributed by atoms with Gasteiger partial charge in [-0.3, -0.25) is 9.59 Å². The summed E-state index contributed by atoms with van der Waals surface area (Å²) in [7, 11) is 0. The molecule has 0 aromatic heterocycles. The third-order valence-electron chi connectivity index (χ3n) is 4.00. The van der Waals surface area contributed by atoms with Crippen LogP contribution in [0.3, 0.4) is 0 Å². The topological polar surface area (TPSA) is 66.6 Å². The van der Waals surface area contributed by atoms with Crippen LogP contribution in [0.25, 0.3) is 0 Å². The molecule has 1 unspecified atom stereocenters. The van der Waals surface area contributed by atoms with Crippen molar-refractivity contribution in [2.45, 2.75) is 13.3 Å². The van der Waals surface area contributed by atoms with Crippen LogP contribution in [0.1, 0.15) is 12.5 Å². The van der Waals surface area contributed by atoms with Crippen molar-refractivity contribution in [3.05, 3.63) is 35.9 Å². The number of rotatable bonds is 4. The minimum absolute atomic E-state index is 0.0711. The van der Waals surface area contributed by atoms with Crippen molar-refractivity contribution in [2.24, 2.45) is 11.7 Å². The summed E-state index contributed by atoms with van der Waals surface area (Å²) in [6.45, 7) is 4.34. The molecule has 1 saturated heterocycles. The summed E-state index contributed by atoms with van der Waals surface area (Å²) < 4.78 is 0. The highest BCUT2D eigenvalue weighted by Gasteiger charge is 2.27. The van der Waals surface area contributed by atoms with Gasteiger partial charge in [0.1, 0.15) is 0 Å². The first-order chi connectivity index (χ1) is 10.1. The lowest BCUT2D eigenvalue weighted by Crippen LogP contribution is -2.52. The molecule has 0 bridgehead atoms. The lowest BCUT2D eigenvalue weighted by atomic mass is 9.97. The third-order valence-corrected chi connectivity index (χ3v) is 4.00. The van der Waals surface area contributed by atoms with Crippen molar-refractivity contribution in [3.8, 4) is 0 Å². The quantitative estimate of drug-likeness (QED) is 0.877. The number of hydrogen-bond acceptors (Lipinski definition) is 3. The van der Waals surface area contributed by atoms with Gasteiger partial charge in [0.05, 0.1) is 5.92 Å². The fourth-order valence-electron chi connectivity index (χ4n) is 2.67. The molecular weight excluding hydrogens is 266 g/mol. The first-order valence-corrected chi connectivity index (χ1v) is 7.40. The maximum absolute atomic E-state index is 12.6. The van der Waals surface area contributed by atoms with Crippen molar-refractivity contribution < 1.29 is 9.59 Å². The molecular formula is C16H23N3O2. The molecule has 1 atom stereocenters. The number of hydrogen-bond donors (Lipinski definition) is 1. The Morgan fingerprint density at radius 2 is 1.67 bits per heavy atom. The number of benzene rings is 1. The number of carbonyl (C=O) groups is 2. The van der Waals surface area contributed by atoms with E-state index >= 15 is 0 Å². The van der Waals surface area contributed by atoms with Gasteiger partial charge in [0.2, 0.25) is 11.8 Å². The van der Waals surface area contributed by atoms with E-state index in [0.717, 1.165) is 5.56 Å². The average Bonchev–Trinajstić information content (AvgIpc) is 2.53. The predicted molar refractivity (Wildman–Crippen MR) is 81.5 cm³/mol. The molecule has 1 aromatic rings. The van der Waals surface area contributed by atoms with Crippen LogP contribution >= 0.6 is 0 Å². The lowest BCUT2D eigenvalue weighted by molar-refractivity contribution is -0.141. The van der Waals surface area contributed by atoms with Crippen LogP contribution in [0.15, 0.2) is 30.3 Å². The third kappa shape index (κ3) is 4.04. The Kier molecular flexibility index (Phi) is 5.33. The van der Waals surface area contributed by atoms with Gasteiger partial charge < -0.3 is 15.5 Å². The van der Waals surface area contributed by atoms with Crippen LogP contribution in [0.4, 0.5) is 0 Å². The standard InChI is InChI=1S/C16H23N3O2/c1-13(20)18-7-9-19(10-8-18)16(21)15(12-17)11-14-5-3-2-4-6-14/h2-6,15H,7-12,17H2,1H3. The summed E-state index contributed by atoms with van der Waals surface area (Å²) in [6.07, 6.45) is 0.670. The molecule has 2 rings (SSSR count). The lowest BCUT2D eigenvalue weighted by Gasteiger charge is -2.36. The number of piperazine rings is 1. The molecule has 0 radical (unpaired) electrons. The molecule has 1 heterocycles. The first kappa shape index (κ1) is 15.5. The summed E-state index contributed by atoms with van der Waals surface area (Å²) in [4.78, 5) is 27.5. The normalized spacial score (nSPS) is 16.7. The zero-order chi connectivity index (χ0) is 15.2. The predicted octanol–water partition coefficient (Wildman–Crippen LogP) is 0.495. The largest absolute Gasteiger partial charge is 0.339 e. The monoisotopic (exact) mass is 289 g/mol. The summed E-state index contributed by atoms with van der Waals surface area (Å²) in [5, 5.41) is 0. The van der Waals surface area contributed by atoms with Crippen molar-refractivity contribution >= 4 is 11.8 Å². The van der Waals surface area contributed by atoms with Gasteiger partial charge in [-0.25, -0.2) is 0 Å². The molecule has 1 aliphatic rings. The molecule has 21 heavy (non-hydrogen) atoms. The zero-order valence-electron chi connectivity index (χ0n) is 12.5. The van der Waals surface area contributed by atoms with E-state index < -0.39 is 0 Å². The molecule has 2 amide bonds. The van der Waals surface area contributed by atoms with Gasteiger partial charge in [0.25, 0.3) is 0 Å². The second kappa shape index (κ2) is 7.22. The minimum atomic E-state index is -0.184. The van der Waals surface area contributed by atoms with Crippen LogP contribution in [-0.4, -0.2) is 54.3 Å². The maximum atomic E-state index is 12.6. The van der Waals surface area contributed by atoms with E-state index in [1.165, 1.54) is 0 Å². The Labute approximate surface area is 125 Å². The van der Waals surface area contributed by atoms with Crippen LogP contribution in [0.2, 0.25) is 0 Å². The number of nitrogens with two attached hydrogens (primary N) is 1. The van der Waals surface area contributed by atoms with Crippen LogP contribution in [0.5, 0.6) is 0 Å². The molecule has 1 aromatic carbocycles. The Hall–Kier alpha value is -1.88. The first-order valence-electron chi connectivity index (χ1n) is 7.40. The van der Waals surface area contributed by atoms with Crippen molar-refractivity contribution in [1.29, 1.82) is 0 Å². The highest BCUT2D eigenvalue weighted by Crippen LogP contribution is 2.13. The molecule has 5 nitrogen and oxygen atoms in total. The van der Waals surface area contributed by atoms with Gasteiger partial charge in [-0.1, -0.05) is 30.3 Å². The van der Waals surface area contributed by atoms with Gasteiger partial charge in [0.15, 0.2) is 0 Å². The van der Waals surface area contributed by atoms with Gasteiger partial charge in [-0.2, -0.15) is 0 Å². The smallest absolute Gasteiger partial charge is 0.227 e. The Balaban J connectivity index is 1.93. The molecule has 0 spiro atoms. The molecule has 1 aliphatic heterocycles. The Morgan fingerprint density at radius 3 is 2.19 bits per heavy atom. The number of nitrogens with zero attached hydrogens (tertiary/aromatic N) is 2. The Bertz CT molecular complexity index is 482. The molecule has 1 fully saturated rings. The molecule has 0 aliphatic carbocycles. The van der Waals surface area contributed by atoms with Crippen LogP contribution in [-0.2, 0) is 16.0 Å². The maximum Gasteiger partial charge on any atom is 0.227 e. The second-order valence-electron chi connectivity index (χ2n) is 5.45. The molecule has 114 valence electrons. The van der Waals surface area contributed by atoms with Crippen molar-refractivity contribution in [3.63, 3.8) is 0 Å². The summed E-state index contributed by atoms with van der Waals surface area (Å²) in [5.74, 6) is -0.0115. The summed E-state index contributed by atoms with van der Waals surface area (Å²) in [5.41, 5.74) is 6.92. The Morgan fingerprint density at radius 1 is 1.10 bits per heavy atom. The van der Waals surface area contributed by atoms with E-state index in [4.69, 9.17) is 5.73 Å². The molecule has 5 heteroatoms. The number of amides is 2. The van der Waals surface area contributed by atoms with E-state index in [1.807, 2.05) is 35.2 Å². The summed E-state index contributed by atoms with van der Waals surface area (Å²) >= 11 is 0. The summed E-state index contributed by atoms with van der Waals surface area (Å²) in [6, 6.07) is 9.94. The molecule has 2 N–H and O–H groups in total. The fourth-order valence-corrected chi connectivity index (χ4v) is 2.67. The van der Waals surface area contributed by atoms with Crippen LogP contribution in [0, 0.1) is 5.92 Å². The fraction of sp³-hybridized carbons (Fsp3) is 0.500. The highest BCUT2D eigenvalue weighted by molar-refractivity contribution is 5.80. The van der Waals surface area contributed by atoms with Crippen molar-refractivity contribution in [2.75, 3.05) is 32.7 Å². The van der Waals surface area contributed by atoms with E-state index in [2.05, 4.69) is 0 Å². The van der Waals surface area contributed by atoms with Gasteiger partial charge in [-0.15, -0.1) is 0 Å². The van der Waals surface area contributed by atoms with E-state index in [1.54, 1.807) is 11.8 Å². The molecule has 0 saturated carbocycles. The van der Waals surface area contributed by atoms with E-state index in [9.17, 15) is 9.59 Å². The zero-order valence-corrected chi connectivity index (χ0v) is 12.5. The van der Waals surface area contributed by atoms with E-state index in [-0.39, 0.29) is 17.7 Å². The van der Waals surface area contributed by atoms with Gasteiger partial charge in [-0.05, 0) is 12.0 Å². The minimum Gasteiger partial charge on any atom is -0.339 e. The second-order valence-corrected chi connectivity index (χ2v) is 5.45.